The Balaban J connectivity index is 1.05. The zero-order chi connectivity index (χ0) is 23.7. The number of benzene rings is 2. The number of rotatable bonds is 8. The topological polar surface area (TPSA) is 105 Å². The van der Waals surface area contributed by atoms with Crippen LogP contribution in [0.5, 0.6) is 0 Å². The van der Waals surface area contributed by atoms with Gasteiger partial charge in [0, 0.05) is 24.9 Å². The summed E-state index contributed by atoms with van der Waals surface area (Å²) in [4.78, 5) is 36.2. The van der Waals surface area contributed by atoms with E-state index in [9.17, 15) is 19.5 Å². The molecule has 178 valence electrons. The highest BCUT2D eigenvalue weighted by Gasteiger charge is 2.51. The Bertz CT molecular complexity index is 1050. The second-order valence-electron chi connectivity index (χ2n) is 9.65. The van der Waals surface area contributed by atoms with Gasteiger partial charge in [-0.15, -0.1) is 0 Å². The lowest BCUT2D eigenvalue weighted by Gasteiger charge is -2.28. The molecule has 34 heavy (non-hydrogen) atoms. The Hall–Kier alpha value is -3.35. The summed E-state index contributed by atoms with van der Waals surface area (Å²) < 4.78 is 5.51. The van der Waals surface area contributed by atoms with Gasteiger partial charge in [-0.2, -0.15) is 0 Å². The summed E-state index contributed by atoms with van der Waals surface area (Å²) in [5.74, 6) is -0.973. The number of carboxylic acid groups (broad SMARTS) is 1. The van der Waals surface area contributed by atoms with E-state index in [1.165, 1.54) is 11.1 Å². The van der Waals surface area contributed by atoms with Crippen molar-refractivity contribution >= 4 is 18.0 Å². The lowest BCUT2D eigenvalue weighted by molar-refractivity contribution is -0.144. The van der Waals surface area contributed by atoms with Gasteiger partial charge < -0.3 is 20.5 Å². The maximum absolute atomic E-state index is 12.4. The number of carbonyl (C=O) groups is 3. The molecule has 0 spiro atoms. The van der Waals surface area contributed by atoms with E-state index in [4.69, 9.17) is 4.74 Å². The van der Waals surface area contributed by atoms with Gasteiger partial charge in [-0.3, -0.25) is 9.59 Å². The molecule has 2 bridgehead atoms. The molecule has 2 aromatic rings. The van der Waals surface area contributed by atoms with E-state index in [1.807, 2.05) is 24.3 Å². The fraction of sp³-hybridized carbons (Fsp3) is 0.444. The van der Waals surface area contributed by atoms with E-state index in [2.05, 4.69) is 34.9 Å². The Morgan fingerprint density at radius 2 is 1.59 bits per heavy atom. The maximum atomic E-state index is 12.4. The zero-order valence-electron chi connectivity index (χ0n) is 19.0. The molecule has 0 aromatic heterocycles. The lowest BCUT2D eigenvalue weighted by Crippen LogP contribution is -2.46. The molecule has 0 saturated heterocycles. The van der Waals surface area contributed by atoms with Gasteiger partial charge in [-0.05, 0) is 59.8 Å². The van der Waals surface area contributed by atoms with Crippen molar-refractivity contribution in [1.29, 1.82) is 0 Å². The van der Waals surface area contributed by atoms with Crippen molar-refractivity contribution in [3.8, 4) is 11.1 Å². The maximum Gasteiger partial charge on any atom is 0.407 e. The molecule has 3 aliphatic rings. The number of alkyl carbamates (subject to hydrolysis) is 1. The highest BCUT2D eigenvalue weighted by atomic mass is 16.5. The molecule has 2 aromatic carbocycles. The first-order chi connectivity index (χ1) is 16.5. The standard InChI is InChI=1S/C27H30N2O5/c30-23(29-25-17-12-11-16(14-17)24(25)26(31)32)10-5-13-28-27(33)34-15-22-20-8-3-1-6-18(20)19-7-2-4-9-21(19)22/h1-4,6-9,16-17,22,24-25H,5,10-15H2,(H,28,33)(H,29,30)(H,31,32). The van der Waals surface area contributed by atoms with Crippen molar-refractivity contribution in [3.63, 3.8) is 0 Å². The zero-order valence-corrected chi connectivity index (χ0v) is 19.0. The van der Waals surface area contributed by atoms with Crippen LogP contribution in [0.25, 0.3) is 11.1 Å². The van der Waals surface area contributed by atoms with Crippen LogP contribution in [0, 0.1) is 17.8 Å². The molecular weight excluding hydrogens is 432 g/mol. The first kappa shape index (κ1) is 22.4. The molecule has 4 unspecified atom stereocenters. The van der Waals surface area contributed by atoms with E-state index in [1.54, 1.807) is 0 Å². The van der Waals surface area contributed by atoms with Gasteiger partial charge in [0.1, 0.15) is 6.61 Å². The second-order valence-corrected chi connectivity index (χ2v) is 9.65. The molecule has 3 aliphatic carbocycles. The van der Waals surface area contributed by atoms with Crippen LogP contribution in [-0.2, 0) is 14.3 Å². The SMILES string of the molecule is O=C(CCCNC(=O)OCC1c2ccccc2-c2ccccc21)NC1C2CCC(C2)C1C(=O)O. The quantitative estimate of drug-likeness (QED) is 0.516. The molecule has 2 saturated carbocycles. The van der Waals surface area contributed by atoms with E-state index < -0.39 is 18.0 Å². The molecule has 7 heteroatoms. The third-order valence-electron chi connectivity index (χ3n) is 7.72. The number of aliphatic carboxylic acids is 1. The fourth-order valence-electron chi connectivity index (χ4n) is 6.20. The number of ether oxygens (including phenoxy) is 1. The van der Waals surface area contributed by atoms with Crippen molar-refractivity contribution in [1.82, 2.24) is 10.6 Å². The van der Waals surface area contributed by atoms with Crippen LogP contribution >= 0.6 is 0 Å². The van der Waals surface area contributed by atoms with E-state index in [0.717, 1.165) is 30.4 Å². The Kier molecular flexibility index (Phi) is 6.26. The van der Waals surface area contributed by atoms with Crippen molar-refractivity contribution < 1.29 is 24.2 Å². The smallest absolute Gasteiger partial charge is 0.407 e. The average Bonchev–Trinajstić information content (AvgIpc) is 3.52. The molecule has 5 rings (SSSR count). The number of fused-ring (bicyclic) bond motifs is 5. The molecule has 3 N–H and O–H groups in total. The summed E-state index contributed by atoms with van der Waals surface area (Å²) in [5, 5.41) is 15.2. The van der Waals surface area contributed by atoms with Gasteiger partial charge in [-0.1, -0.05) is 48.5 Å². The minimum atomic E-state index is -0.811. The number of carboxylic acids is 1. The van der Waals surface area contributed by atoms with Crippen LogP contribution in [0.15, 0.2) is 48.5 Å². The third kappa shape index (κ3) is 4.27. The first-order valence-electron chi connectivity index (χ1n) is 12.1. The van der Waals surface area contributed by atoms with Gasteiger partial charge in [0.15, 0.2) is 0 Å². The Labute approximate surface area is 198 Å². The van der Waals surface area contributed by atoms with Gasteiger partial charge in [-0.25, -0.2) is 4.79 Å². The predicted molar refractivity (Wildman–Crippen MR) is 126 cm³/mol. The molecule has 4 atom stereocenters. The molecular formula is C27H30N2O5. The first-order valence-corrected chi connectivity index (χ1v) is 12.1. The summed E-state index contributed by atoms with van der Waals surface area (Å²) in [6.07, 6.45) is 3.03. The van der Waals surface area contributed by atoms with E-state index >= 15 is 0 Å². The van der Waals surface area contributed by atoms with Crippen LogP contribution in [0.2, 0.25) is 0 Å². The van der Waals surface area contributed by atoms with Crippen molar-refractivity contribution in [3.05, 3.63) is 59.7 Å². The second kappa shape index (κ2) is 9.49. The summed E-state index contributed by atoms with van der Waals surface area (Å²) >= 11 is 0. The number of amides is 2. The number of nitrogens with one attached hydrogen (secondary N) is 2. The van der Waals surface area contributed by atoms with Crippen molar-refractivity contribution in [2.24, 2.45) is 17.8 Å². The molecule has 0 heterocycles. The molecule has 0 radical (unpaired) electrons. The molecule has 2 amide bonds. The molecule has 2 fully saturated rings. The summed E-state index contributed by atoms with van der Waals surface area (Å²) in [6, 6.07) is 16.1. The van der Waals surface area contributed by atoms with Gasteiger partial charge in [0.25, 0.3) is 0 Å². The third-order valence-corrected chi connectivity index (χ3v) is 7.72. The van der Waals surface area contributed by atoms with Crippen molar-refractivity contribution in [2.45, 2.75) is 44.1 Å². The Morgan fingerprint density at radius 1 is 0.941 bits per heavy atom. The van der Waals surface area contributed by atoms with Gasteiger partial charge in [0.2, 0.25) is 5.91 Å². The fourth-order valence-corrected chi connectivity index (χ4v) is 6.20. The number of hydrogen-bond donors (Lipinski definition) is 3. The monoisotopic (exact) mass is 462 g/mol. The molecule has 7 nitrogen and oxygen atoms in total. The summed E-state index contributed by atoms with van der Waals surface area (Å²) in [6.45, 7) is 0.574. The normalized spacial score (nSPS) is 24.4. The van der Waals surface area contributed by atoms with Crippen LogP contribution in [-0.4, -0.2) is 42.3 Å². The van der Waals surface area contributed by atoms with Crippen LogP contribution in [0.1, 0.15) is 49.1 Å². The minimum absolute atomic E-state index is 0.00727. The minimum Gasteiger partial charge on any atom is -0.481 e. The van der Waals surface area contributed by atoms with Crippen LogP contribution in [0.3, 0.4) is 0 Å². The van der Waals surface area contributed by atoms with Gasteiger partial charge >= 0.3 is 12.1 Å². The lowest BCUT2D eigenvalue weighted by atomic mass is 9.84. The largest absolute Gasteiger partial charge is 0.481 e. The number of hydrogen-bond acceptors (Lipinski definition) is 4. The average molecular weight is 463 g/mol. The predicted octanol–water partition coefficient (Wildman–Crippen LogP) is 3.92. The summed E-state index contributed by atoms with van der Waals surface area (Å²) in [7, 11) is 0. The Morgan fingerprint density at radius 3 is 2.26 bits per heavy atom. The van der Waals surface area contributed by atoms with Crippen LogP contribution < -0.4 is 10.6 Å². The van der Waals surface area contributed by atoms with E-state index in [0.29, 0.717) is 13.0 Å². The van der Waals surface area contributed by atoms with E-state index in [-0.39, 0.29) is 42.7 Å². The highest BCUT2D eigenvalue weighted by Crippen LogP contribution is 2.48. The highest BCUT2D eigenvalue weighted by molar-refractivity contribution is 5.80. The van der Waals surface area contributed by atoms with Crippen LogP contribution in [0.4, 0.5) is 4.79 Å². The number of carbonyl (C=O) groups excluding carboxylic acids is 2. The summed E-state index contributed by atoms with van der Waals surface area (Å²) in [5.41, 5.74) is 4.68. The van der Waals surface area contributed by atoms with Gasteiger partial charge in [0.05, 0.1) is 5.92 Å². The molecule has 0 aliphatic heterocycles. The van der Waals surface area contributed by atoms with Crippen molar-refractivity contribution in [2.75, 3.05) is 13.2 Å².